The van der Waals surface area contributed by atoms with Crippen LogP contribution in [0.15, 0.2) is 18.2 Å². The SMILES string of the molecule is COC(=O)[C@@H](c1ccc(Cl)c(Cl)c1)[C@H]1CCCCN1.Cl. The normalized spacial score (nSPS) is 19.9. The van der Waals surface area contributed by atoms with Crippen molar-refractivity contribution in [2.24, 2.45) is 0 Å². The molecule has 2 rings (SSSR count). The molecule has 1 N–H and O–H groups in total. The zero-order chi connectivity index (χ0) is 13.8. The molecule has 0 bridgehead atoms. The molecule has 1 heterocycles. The summed E-state index contributed by atoms with van der Waals surface area (Å²) in [5.41, 5.74) is 0.848. The number of carbonyl (C=O) groups is 1. The highest BCUT2D eigenvalue weighted by atomic mass is 35.5. The number of benzene rings is 1. The Hall–Kier alpha value is -0.480. The van der Waals surface area contributed by atoms with Gasteiger partial charge in [0.1, 0.15) is 0 Å². The number of hydrogen-bond acceptors (Lipinski definition) is 3. The van der Waals surface area contributed by atoms with Crippen molar-refractivity contribution in [3.63, 3.8) is 0 Å². The van der Waals surface area contributed by atoms with Gasteiger partial charge in [-0.25, -0.2) is 0 Å². The van der Waals surface area contributed by atoms with Gasteiger partial charge in [0, 0.05) is 6.04 Å². The van der Waals surface area contributed by atoms with Gasteiger partial charge in [-0.05, 0) is 37.1 Å². The van der Waals surface area contributed by atoms with E-state index in [-0.39, 0.29) is 30.3 Å². The molecular formula is C14H18Cl3NO2. The molecule has 20 heavy (non-hydrogen) atoms. The van der Waals surface area contributed by atoms with Gasteiger partial charge >= 0.3 is 5.97 Å². The highest BCUT2D eigenvalue weighted by Gasteiger charge is 2.31. The smallest absolute Gasteiger partial charge is 0.314 e. The van der Waals surface area contributed by atoms with Gasteiger partial charge in [0.25, 0.3) is 0 Å². The van der Waals surface area contributed by atoms with Crippen LogP contribution in [0.25, 0.3) is 0 Å². The second kappa shape index (κ2) is 8.08. The number of halogens is 3. The van der Waals surface area contributed by atoms with Gasteiger partial charge in [-0.2, -0.15) is 0 Å². The largest absolute Gasteiger partial charge is 0.469 e. The Morgan fingerprint density at radius 3 is 2.65 bits per heavy atom. The lowest BCUT2D eigenvalue weighted by Gasteiger charge is -2.30. The fraction of sp³-hybridized carbons (Fsp3) is 0.500. The maximum atomic E-state index is 12.1. The average Bonchev–Trinajstić information content (AvgIpc) is 2.44. The van der Waals surface area contributed by atoms with E-state index in [1.165, 1.54) is 7.11 Å². The molecule has 0 spiro atoms. The topological polar surface area (TPSA) is 38.3 Å². The first-order chi connectivity index (χ1) is 9.13. The molecule has 1 aromatic carbocycles. The molecule has 0 aliphatic carbocycles. The van der Waals surface area contributed by atoms with Crippen LogP contribution in [0.1, 0.15) is 30.7 Å². The Balaban J connectivity index is 0.00000200. The number of carbonyl (C=O) groups excluding carboxylic acids is 1. The van der Waals surface area contributed by atoms with Crippen molar-refractivity contribution in [2.75, 3.05) is 13.7 Å². The van der Waals surface area contributed by atoms with Crippen LogP contribution in [-0.4, -0.2) is 25.7 Å². The molecule has 0 aromatic heterocycles. The van der Waals surface area contributed by atoms with Crippen molar-refractivity contribution >= 4 is 41.6 Å². The van der Waals surface area contributed by atoms with Gasteiger partial charge in [-0.1, -0.05) is 35.7 Å². The summed E-state index contributed by atoms with van der Waals surface area (Å²) >= 11 is 12.0. The molecule has 1 aliphatic rings. The zero-order valence-corrected chi connectivity index (χ0v) is 13.5. The minimum absolute atomic E-state index is 0. The molecule has 0 saturated carbocycles. The Morgan fingerprint density at radius 1 is 1.35 bits per heavy atom. The van der Waals surface area contributed by atoms with E-state index in [1.807, 2.05) is 6.07 Å². The van der Waals surface area contributed by atoms with E-state index in [0.717, 1.165) is 31.4 Å². The summed E-state index contributed by atoms with van der Waals surface area (Å²) in [5.74, 6) is -0.571. The van der Waals surface area contributed by atoms with Crippen LogP contribution in [0.4, 0.5) is 0 Å². The Bertz CT molecular complexity index is 462. The van der Waals surface area contributed by atoms with Crippen LogP contribution in [-0.2, 0) is 9.53 Å². The molecule has 1 aliphatic heterocycles. The van der Waals surface area contributed by atoms with Crippen LogP contribution < -0.4 is 5.32 Å². The minimum Gasteiger partial charge on any atom is -0.469 e. The predicted octanol–water partition coefficient (Wildman–Crippen LogP) is 3.81. The second-order valence-corrected chi connectivity index (χ2v) is 5.55. The van der Waals surface area contributed by atoms with Crippen molar-refractivity contribution < 1.29 is 9.53 Å². The van der Waals surface area contributed by atoms with Crippen LogP contribution in [0.3, 0.4) is 0 Å². The zero-order valence-electron chi connectivity index (χ0n) is 11.2. The number of nitrogens with one attached hydrogen (secondary N) is 1. The van der Waals surface area contributed by atoms with Gasteiger partial charge in [0.05, 0.1) is 23.1 Å². The Kier molecular flexibility index (Phi) is 7.10. The number of rotatable bonds is 3. The van der Waals surface area contributed by atoms with Gasteiger partial charge in [-0.3, -0.25) is 4.79 Å². The van der Waals surface area contributed by atoms with E-state index in [2.05, 4.69) is 5.32 Å². The van der Waals surface area contributed by atoms with Crippen molar-refractivity contribution in [1.82, 2.24) is 5.32 Å². The molecule has 0 unspecified atom stereocenters. The van der Waals surface area contributed by atoms with Gasteiger partial charge in [-0.15, -0.1) is 12.4 Å². The third-order valence-corrected chi connectivity index (χ3v) is 4.25. The number of ether oxygens (including phenoxy) is 1. The molecule has 1 saturated heterocycles. The van der Waals surface area contributed by atoms with Crippen molar-refractivity contribution in [3.05, 3.63) is 33.8 Å². The summed E-state index contributed by atoms with van der Waals surface area (Å²) in [4.78, 5) is 12.1. The molecule has 0 radical (unpaired) electrons. The fourth-order valence-corrected chi connectivity index (χ4v) is 2.84. The van der Waals surface area contributed by atoms with Crippen LogP contribution in [0.2, 0.25) is 10.0 Å². The van der Waals surface area contributed by atoms with E-state index < -0.39 is 0 Å². The molecule has 0 amide bonds. The van der Waals surface area contributed by atoms with Crippen molar-refractivity contribution in [2.45, 2.75) is 31.2 Å². The molecule has 112 valence electrons. The number of methoxy groups -OCH3 is 1. The predicted molar refractivity (Wildman–Crippen MR) is 84.1 cm³/mol. The maximum absolute atomic E-state index is 12.1. The Labute approximate surface area is 135 Å². The highest BCUT2D eigenvalue weighted by Crippen LogP contribution is 2.31. The third-order valence-electron chi connectivity index (χ3n) is 3.51. The summed E-state index contributed by atoms with van der Waals surface area (Å²) in [6.45, 7) is 0.930. The van der Waals surface area contributed by atoms with Crippen molar-refractivity contribution in [1.29, 1.82) is 0 Å². The average molecular weight is 339 g/mol. The first-order valence-electron chi connectivity index (χ1n) is 6.39. The molecule has 2 atom stereocenters. The summed E-state index contributed by atoms with van der Waals surface area (Å²) in [5, 5.41) is 4.34. The van der Waals surface area contributed by atoms with Gasteiger partial charge < -0.3 is 10.1 Å². The van der Waals surface area contributed by atoms with E-state index in [0.29, 0.717) is 10.0 Å². The first kappa shape index (κ1) is 17.6. The van der Waals surface area contributed by atoms with Gasteiger partial charge in [0.2, 0.25) is 0 Å². The van der Waals surface area contributed by atoms with Crippen molar-refractivity contribution in [3.8, 4) is 0 Å². The van der Waals surface area contributed by atoms with Gasteiger partial charge in [0.15, 0.2) is 0 Å². The van der Waals surface area contributed by atoms with E-state index in [1.54, 1.807) is 12.1 Å². The van der Waals surface area contributed by atoms with E-state index in [9.17, 15) is 4.79 Å². The summed E-state index contributed by atoms with van der Waals surface area (Å²) in [7, 11) is 1.41. The fourth-order valence-electron chi connectivity index (χ4n) is 2.53. The maximum Gasteiger partial charge on any atom is 0.314 e. The summed E-state index contributed by atoms with van der Waals surface area (Å²) < 4.78 is 4.94. The lowest BCUT2D eigenvalue weighted by atomic mass is 9.86. The van der Waals surface area contributed by atoms with E-state index >= 15 is 0 Å². The Morgan fingerprint density at radius 2 is 2.10 bits per heavy atom. The number of esters is 1. The quantitative estimate of drug-likeness (QED) is 0.852. The standard InChI is InChI=1S/C14H17Cl2NO2.ClH/c1-19-14(18)13(12-4-2-3-7-17-12)9-5-6-10(15)11(16)8-9;/h5-6,8,12-13,17H,2-4,7H2,1H3;1H/t12-,13+;/m1./s1. The molecular weight excluding hydrogens is 321 g/mol. The lowest BCUT2D eigenvalue weighted by molar-refractivity contribution is -0.143. The molecule has 1 fully saturated rings. The van der Waals surface area contributed by atoms with Crippen LogP contribution >= 0.6 is 35.6 Å². The number of hydrogen-bond donors (Lipinski definition) is 1. The van der Waals surface area contributed by atoms with Crippen LogP contribution in [0, 0.1) is 0 Å². The molecule has 1 aromatic rings. The number of piperidine rings is 1. The van der Waals surface area contributed by atoms with Crippen LogP contribution in [0.5, 0.6) is 0 Å². The highest BCUT2D eigenvalue weighted by molar-refractivity contribution is 6.42. The summed E-state index contributed by atoms with van der Waals surface area (Å²) in [6, 6.07) is 5.41. The molecule has 3 nitrogen and oxygen atoms in total. The summed E-state index contributed by atoms with van der Waals surface area (Å²) in [6.07, 6.45) is 3.22. The third kappa shape index (κ3) is 4.01. The molecule has 6 heteroatoms. The second-order valence-electron chi connectivity index (χ2n) is 4.73. The lowest BCUT2D eigenvalue weighted by Crippen LogP contribution is -2.42. The first-order valence-corrected chi connectivity index (χ1v) is 7.15. The van der Waals surface area contributed by atoms with E-state index in [4.69, 9.17) is 27.9 Å². The monoisotopic (exact) mass is 337 g/mol. The minimum atomic E-state index is -0.333.